The number of rotatable bonds is 4. The van der Waals surface area contributed by atoms with E-state index < -0.39 is 0 Å². The third-order valence-corrected chi connectivity index (χ3v) is 6.30. The Balaban J connectivity index is 1.42. The molecule has 0 saturated heterocycles. The Labute approximate surface area is 169 Å². The van der Waals surface area contributed by atoms with Crippen molar-refractivity contribution in [3.05, 3.63) is 90.5 Å². The van der Waals surface area contributed by atoms with Gasteiger partial charge in [-0.3, -0.25) is 0 Å². The summed E-state index contributed by atoms with van der Waals surface area (Å²) in [6, 6.07) is 23.9. The van der Waals surface area contributed by atoms with Gasteiger partial charge in [-0.1, -0.05) is 54.6 Å². The Kier molecular flexibility index (Phi) is 4.77. The summed E-state index contributed by atoms with van der Waals surface area (Å²) in [5.74, 6) is 0. The summed E-state index contributed by atoms with van der Waals surface area (Å²) in [4.78, 5) is 11.2. The predicted octanol–water partition coefficient (Wildman–Crippen LogP) is 5.09. The van der Waals surface area contributed by atoms with E-state index >= 15 is 0 Å². The lowest BCUT2D eigenvalue weighted by molar-refractivity contribution is 0.474. The van der Waals surface area contributed by atoms with Crippen LogP contribution in [0.5, 0.6) is 0 Å². The zero-order valence-electron chi connectivity index (χ0n) is 15.6. The zero-order chi connectivity index (χ0) is 18.8. The standard InChI is InChI=1S/C23H22N4S/c1-2-9-21-18(6-1)7-5-8-19(21)15-27-13-12-26(16-20-14-24-17-25-20)22-10-3-4-11-23(22)28-27/h1-11,14,17H,12-13,15-16H2,(H,24,25). The van der Waals surface area contributed by atoms with Crippen LogP contribution in [0, 0.1) is 0 Å². The third kappa shape index (κ3) is 3.51. The van der Waals surface area contributed by atoms with Gasteiger partial charge in [0.05, 0.1) is 24.3 Å². The summed E-state index contributed by atoms with van der Waals surface area (Å²) >= 11 is 1.86. The molecular weight excluding hydrogens is 364 g/mol. The number of aromatic nitrogens is 2. The van der Waals surface area contributed by atoms with Crippen LogP contribution in [-0.2, 0) is 13.1 Å². The first-order chi connectivity index (χ1) is 13.9. The van der Waals surface area contributed by atoms with Crippen LogP contribution in [-0.4, -0.2) is 27.4 Å². The van der Waals surface area contributed by atoms with Gasteiger partial charge in [0.25, 0.3) is 0 Å². The highest BCUT2D eigenvalue weighted by molar-refractivity contribution is 7.97. The topological polar surface area (TPSA) is 35.2 Å². The van der Waals surface area contributed by atoms with Crippen molar-refractivity contribution in [2.75, 3.05) is 18.0 Å². The maximum atomic E-state index is 4.42. The molecule has 0 saturated carbocycles. The average molecular weight is 387 g/mol. The van der Waals surface area contributed by atoms with Crippen LogP contribution < -0.4 is 4.90 Å². The zero-order valence-corrected chi connectivity index (χ0v) is 16.4. The van der Waals surface area contributed by atoms with E-state index in [-0.39, 0.29) is 0 Å². The van der Waals surface area contributed by atoms with Gasteiger partial charge in [-0.2, -0.15) is 0 Å². The van der Waals surface area contributed by atoms with E-state index in [1.165, 1.54) is 26.9 Å². The van der Waals surface area contributed by atoms with Crippen LogP contribution in [0.3, 0.4) is 0 Å². The molecule has 0 bridgehead atoms. The number of hydrogen-bond acceptors (Lipinski definition) is 4. The van der Waals surface area contributed by atoms with Crippen molar-refractivity contribution < 1.29 is 0 Å². The lowest BCUT2D eigenvalue weighted by Crippen LogP contribution is -2.29. The minimum Gasteiger partial charge on any atom is -0.363 e. The molecule has 1 aliphatic rings. The molecule has 1 N–H and O–H groups in total. The number of benzene rings is 3. The molecule has 3 aromatic carbocycles. The Bertz CT molecular complexity index is 1070. The Morgan fingerprint density at radius 3 is 2.68 bits per heavy atom. The summed E-state index contributed by atoms with van der Waals surface area (Å²) in [7, 11) is 0. The number of hydrogen-bond donors (Lipinski definition) is 1. The van der Waals surface area contributed by atoms with Crippen molar-refractivity contribution in [1.29, 1.82) is 0 Å². The maximum absolute atomic E-state index is 4.42. The lowest BCUT2D eigenvalue weighted by Gasteiger charge is -2.23. The number of nitrogens with zero attached hydrogens (tertiary/aromatic N) is 3. The molecule has 0 radical (unpaired) electrons. The molecule has 0 fully saturated rings. The van der Waals surface area contributed by atoms with Crippen LogP contribution in [0.2, 0.25) is 0 Å². The number of aromatic amines is 1. The van der Waals surface area contributed by atoms with Crippen molar-refractivity contribution in [3.63, 3.8) is 0 Å². The van der Waals surface area contributed by atoms with Crippen LogP contribution in [0.25, 0.3) is 10.8 Å². The summed E-state index contributed by atoms with van der Waals surface area (Å²) < 4.78 is 2.48. The Morgan fingerprint density at radius 2 is 1.75 bits per heavy atom. The highest BCUT2D eigenvalue weighted by atomic mass is 32.2. The Morgan fingerprint density at radius 1 is 0.893 bits per heavy atom. The lowest BCUT2D eigenvalue weighted by atomic mass is 10.0. The average Bonchev–Trinajstić information content (AvgIpc) is 3.18. The molecule has 0 spiro atoms. The summed E-state index contributed by atoms with van der Waals surface area (Å²) in [5.41, 5.74) is 3.74. The first-order valence-corrected chi connectivity index (χ1v) is 10.4. The van der Waals surface area contributed by atoms with Gasteiger partial charge in [-0.15, -0.1) is 0 Å². The number of H-pyrrole nitrogens is 1. The van der Waals surface area contributed by atoms with Gasteiger partial charge < -0.3 is 9.88 Å². The third-order valence-electron chi connectivity index (χ3n) is 5.19. The van der Waals surface area contributed by atoms with Gasteiger partial charge in [0, 0.05) is 30.7 Å². The van der Waals surface area contributed by atoms with Crippen molar-refractivity contribution in [2.45, 2.75) is 18.0 Å². The van der Waals surface area contributed by atoms with Crippen molar-refractivity contribution in [2.24, 2.45) is 0 Å². The minimum absolute atomic E-state index is 0.823. The first-order valence-electron chi connectivity index (χ1n) is 9.58. The van der Waals surface area contributed by atoms with Gasteiger partial charge in [0.15, 0.2) is 0 Å². The van der Waals surface area contributed by atoms with E-state index in [9.17, 15) is 0 Å². The van der Waals surface area contributed by atoms with Gasteiger partial charge in [-0.05, 0) is 40.4 Å². The highest BCUT2D eigenvalue weighted by Crippen LogP contribution is 2.37. The van der Waals surface area contributed by atoms with Crippen LogP contribution in [0.4, 0.5) is 5.69 Å². The SMILES string of the molecule is c1ccc2c(c1)SN(Cc1cccc3ccccc13)CCN2Cc1c[nH]cn1. The van der Waals surface area contributed by atoms with Gasteiger partial charge in [-0.25, -0.2) is 9.29 Å². The monoisotopic (exact) mass is 386 g/mol. The van der Waals surface area contributed by atoms with E-state index in [1.54, 1.807) is 6.33 Å². The molecular formula is C23H22N4S. The molecule has 0 aliphatic carbocycles. The molecule has 5 heteroatoms. The van der Waals surface area contributed by atoms with E-state index in [0.29, 0.717) is 0 Å². The quantitative estimate of drug-likeness (QED) is 0.495. The molecule has 0 amide bonds. The van der Waals surface area contributed by atoms with E-state index in [2.05, 4.69) is 85.9 Å². The van der Waals surface area contributed by atoms with E-state index in [1.807, 2.05) is 18.1 Å². The molecule has 1 aromatic heterocycles. The van der Waals surface area contributed by atoms with E-state index in [0.717, 1.165) is 31.9 Å². The second-order valence-corrected chi connectivity index (χ2v) is 8.18. The van der Waals surface area contributed by atoms with Gasteiger partial charge in [0.1, 0.15) is 0 Å². The number of nitrogens with one attached hydrogen (secondary N) is 1. The molecule has 4 aromatic rings. The number of fused-ring (bicyclic) bond motifs is 2. The molecule has 4 nitrogen and oxygen atoms in total. The fraction of sp³-hybridized carbons (Fsp3) is 0.174. The van der Waals surface area contributed by atoms with Gasteiger partial charge in [0.2, 0.25) is 0 Å². The second kappa shape index (κ2) is 7.70. The molecule has 0 atom stereocenters. The van der Waals surface area contributed by atoms with Crippen LogP contribution >= 0.6 is 11.9 Å². The summed E-state index contributed by atoms with van der Waals surface area (Å²) in [6.07, 6.45) is 3.73. The summed E-state index contributed by atoms with van der Waals surface area (Å²) in [5, 5.41) is 2.65. The normalized spacial score (nSPS) is 14.8. The molecule has 140 valence electrons. The fourth-order valence-corrected chi connectivity index (χ4v) is 4.89. The highest BCUT2D eigenvalue weighted by Gasteiger charge is 2.21. The van der Waals surface area contributed by atoms with Gasteiger partial charge >= 0.3 is 0 Å². The van der Waals surface area contributed by atoms with Crippen LogP contribution in [0.15, 0.2) is 84.1 Å². The smallest absolute Gasteiger partial charge is 0.0923 e. The number of para-hydroxylation sites is 1. The van der Waals surface area contributed by atoms with E-state index in [4.69, 9.17) is 0 Å². The minimum atomic E-state index is 0.823. The predicted molar refractivity (Wildman–Crippen MR) is 116 cm³/mol. The maximum Gasteiger partial charge on any atom is 0.0923 e. The first kappa shape index (κ1) is 17.3. The molecule has 1 aliphatic heterocycles. The molecule has 2 heterocycles. The molecule has 28 heavy (non-hydrogen) atoms. The fourth-order valence-electron chi connectivity index (χ4n) is 3.80. The number of imidazole rings is 1. The van der Waals surface area contributed by atoms with Crippen LogP contribution in [0.1, 0.15) is 11.3 Å². The van der Waals surface area contributed by atoms with Crippen molar-refractivity contribution in [3.8, 4) is 0 Å². The second-order valence-electron chi connectivity index (χ2n) is 7.04. The largest absolute Gasteiger partial charge is 0.363 e. The molecule has 5 rings (SSSR count). The summed E-state index contributed by atoms with van der Waals surface area (Å²) in [6.45, 7) is 3.72. The van der Waals surface area contributed by atoms with Crippen molar-refractivity contribution in [1.82, 2.24) is 14.3 Å². The molecule has 0 unspecified atom stereocenters. The Hall–Kier alpha value is -2.76. The van der Waals surface area contributed by atoms with Crippen molar-refractivity contribution >= 4 is 28.4 Å². The number of anilines is 1.